The van der Waals surface area contributed by atoms with Crippen molar-refractivity contribution in [2.24, 2.45) is 0 Å². The van der Waals surface area contributed by atoms with Gasteiger partial charge in [-0.25, -0.2) is 9.97 Å². The van der Waals surface area contributed by atoms with Crippen LogP contribution in [0.15, 0.2) is 23.3 Å². The average Bonchev–Trinajstić information content (AvgIpc) is 2.49. The Labute approximate surface area is 76.4 Å². The van der Waals surface area contributed by atoms with E-state index in [4.69, 9.17) is 0 Å². The Kier molecular flexibility index (Phi) is 1.65. The predicted octanol–water partition coefficient (Wildman–Crippen LogP) is 1.30. The van der Waals surface area contributed by atoms with Crippen molar-refractivity contribution in [3.05, 3.63) is 29.0 Å². The quantitative estimate of drug-likeness (QED) is 0.688. The summed E-state index contributed by atoms with van der Waals surface area (Å²) in [5.74, 6) is 0. The number of hydrogen-bond acceptors (Lipinski definition) is 3. The van der Waals surface area contributed by atoms with Crippen molar-refractivity contribution in [2.75, 3.05) is 0 Å². The van der Waals surface area contributed by atoms with Crippen LogP contribution in [0.3, 0.4) is 0 Å². The first-order valence-corrected chi connectivity index (χ1v) is 4.04. The first-order chi connectivity index (χ1) is 5.83. The number of aromatic nitrogens is 3. The number of carbonyl (C=O) groups excluding carboxylic acids is 1. The second kappa shape index (κ2) is 2.67. The second-order valence-electron chi connectivity index (χ2n) is 2.22. The van der Waals surface area contributed by atoms with Gasteiger partial charge in [0.1, 0.15) is 22.1 Å². The number of nitrogens with zero attached hydrogens (tertiary/aromatic N) is 3. The Morgan fingerprint density at radius 2 is 2.33 bits per heavy atom. The molecule has 0 bridgehead atoms. The molecule has 5 heteroatoms. The molecule has 0 amide bonds. The fourth-order valence-electron chi connectivity index (χ4n) is 1.02. The van der Waals surface area contributed by atoms with Crippen LogP contribution >= 0.6 is 15.9 Å². The van der Waals surface area contributed by atoms with Gasteiger partial charge in [-0.15, -0.1) is 0 Å². The molecule has 60 valence electrons. The number of aldehydes is 1. The molecular weight excluding hydrogens is 222 g/mol. The Morgan fingerprint density at radius 3 is 3.08 bits per heavy atom. The van der Waals surface area contributed by atoms with Crippen molar-refractivity contribution in [2.45, 2.75) is 0 Å². The lowest BCUT2D eigenvalue weighted by Gasteiger charge is -1.93. The Balaban J connectivity index is 2.91. The maximum Gasteiger partial charge on any atom is 0.170 e. The van der Waals surface area contributed by atoms with Gasteiger partial charge in [0.2, 0.25) is 0 Å². The highest BCUT2D eigenvalue weighted by Gasteiger charge is 2.06. The average molecular weight is 226 g/mol. The summed E-state index contributed by atoms with van der Waals surface area (Å²) in [7, 11) is 0. The van der Waals surface area contributed by atoms with Crippen molar-refractivity contribution in [3.8, 4) is 0 Å². The third-order valence-electron chi connectivity index (χ3n) is 1.54. The normalized spacial score (nSPS) is 10.4. The smallest absolute Gasteiger partial charge is 0.170 e. The molecular formula is C7H4BrN3O. The Bertz CT molecular complexity index is 437. The monoisotopic (exact) mass is 225 g/mol. The summed E-state index contributed by atoms with van der Waals surface area (Å²) in [5, 5.41) is 0. The van der Waals surface area contributed by atoms with Crippen molar-refractivity contribution in [3.63, 3.8) is 0 Å². The van der Waals surface area contributed by atoms with Crippen molar-refractivity contribution < 1.29 is 4.79 Å². The van der Waals surface area contributed by atoms with Crippen LogP contribution < -0.4 is 0 Å². The molecule has 2 heterocycles. The predicted molar refractivity (Wildman–Crippen MR) is 46.1 cm³/mol. The fourth-order valence-corrected chi connectivity index (χ4v) is 1.54. The highest BCUT2D eigenvalue weighted by molar-refractivity contribution is 9.10. The van der Waals surface area contributed by atoms with Gasteiger partial charge in [0, 0.05) is 12.4 Å². The van der Waals surface area contributed by atoms with E-state index >= 15 is 0 Å². The number of hydrogen-bond donors (Lipinski definition) is 0. The van der Waals surface area contributed by atoms with Gasteiger partial charge in [-0.1, -0.05) is 0 Å². The molecule has 0 saturated heterocycles. The first kappa shape index (κ1) is 7.42. The van der Waals surface area contributed by atoms with E-state index in [0.717, 1.165) is 0 Å². The third-order valence-corrected chi connectivity index (χ3v) is 2.12. The van der Waals surface area contributed by atoms with Crippen LogP contribution in [-0.2, 0) is 0 Å². The van der Waals surface area contributed by atoms with Crippen LogP contribution in [0.5, 0.6) is 0 Å². The molecule has 0 aliphatic carbocycles. The molecule has 0 aromatic carbocycles. The van der Waals surface area contributed by atoms with E-state index in [2.05, 4.69) is 25.9 Å². The summed E-state index contributed by atoms with van der Waals surface area (Å²) < 4.78 is 2.37. The van der Waals surface area contributed by atoms with E-state index in [1.165, 1.54) is 0 Å². The zero-order valence-corrected chi connectivity index (χ0v) is 7.52. The van der Waals surface area contributed by atoms with Crippen molar-refractivity contribution in [1.82, 2.24) is 14.4 Å². The maximum absolute atomic E-state index is 10.5. The second-order valence-corrected chi connectivity index (χ2v) is 2.97. The lowest BCUT2D eigenvalue weighted by atomic mass is 10.4. The van der Waals surface area contributed by atoms with Gasteiger partial charge < -0.3 is 4.40 Å². The van der Waals surface area contributed by atoms with Crippen LogP contribution in [0.25, 0.3) is 5.52 Å². The van der Waals surface area contributed by atoms with Gasteiger partial charge in [-0.3, -0.25) is 4.79 Å². The third kappa shape index (κ3) is 0.937. The van der Waals surface area contributed by atoms with Crippen LogP contribution in [0.2, 0.25) is 0 Å². The molecule has 2 aromatic rings. The molecule has 2 aromatic heterocycles. The molecule has 0 atom stereocenters. The zero-order chi connectivity index (χ0) is 8.55. The molecule has 0 saturated carbocycles. The summed E-state index contributed by atoms with van der Waals surface area (Å²) >= 11 is 3.24. The van der Waals surface area contributed by atoms with E-state index in [-0.39, 0.29) is 0 Å². The lowest BCUT2D eigenvalue weighted by Crippen LogP contribution is -1.87. The summed E-state index contributed by atoms with van der Waals surface area (Å²) in [6.07, 6.45) is 5.65. The lowest BCUT2D eigenvalue weighted by molar-refractivity contribution is 0.112. The van der Waals surface area contributed by atoms with Gasteiger partial charge in [-0.05, 0) is 15.9 Å². The van der Waals surface area contributed by atoms with Crippen LogP contribution in [-0.4, -0.2) is 20.7 Å². The fraction of sp³-hybridized carbons (Fsp3) is 0. The molecule has 0 aliphatic rings. The topological polar surface area (TPSA) is 47.3 Å². The standard InChI is InChI=1S/C7H4BrN3O/c8-7-6-5(3-12)10-4-11(6)2-1-9-7/h1-4H. The van der Waals surface area contributed by atoms with Crippen molar-refractivity contribution >= 4 is 27.7 Å². The van der Waals surface area contributed by atoms with Gasteiger partial charge in [0.05, 0.1) is 0 Å². The molecule has 0 aliphatic heterocycles. The van der Waals surface area contributed by atoms with Crippen LogP contribution in [0, 0.1) is 0 Å². The van der Waals surface area contributed by atoms with Crippen molar-refractivity contribution in [1.29, 1.82) is 0 Å². The maximum atomic E-state index is 10.5. The molecule has 0 radical (unpaired) electrons. The molecule has 4 nitrogen and oxygen atoms in total. The molecule has 0 unspecified atom stereocenters. The van der Waals surface area contributed by atoms with Crippen LogP contribution in [0.4, 0.5) is 0 Å². The Hall–Kier alpha value is -1.23. The zero-order valence-electron chi connectivity index (χ0n) is 5.94. The number of halogens is 1. The van der Waals surface area contributed by atoms with Gasteiger partial charge in [-0.2, -0.15) is 0 Å². The van der Waals surface area contributed by atoms with E-state index in [1.54, 1.807) is 23.1 Å². The van der Waals surface area contributed by atoms with Gasteiger partial charge in [0.25, 0.3) is 0 Å². The summed E-state index contributed by atoms with van der Waals surface area (Å²) in [6, 6.07) is 0. The Morgan fingerprint density at radius 1 is 1.50 bits per heavy atom. The van der Waals surface area contributed by atoms with Gasteiger partial charge in [0.15, 0.2) is 6.29 Å². The van der Waals surface area contributed by atoms with E-state index in [9.17, 15) is 4.79 Å². The molecule has 0 N–H and O–H groups in total. The molecule has 2 rings (SSSR count). The minimum absolute atomic E-state index is 0.398. The van der Waals surface area contributed by atoms with Crippen LogP contribution in [0.1, 0.15) is 10.5 Å². The summed E-state index contributed by atoms with van der Waals surface area (Å²) in [6.45, 7) is 0. The highest BCUT2D eigenvalue weighted by Crippen LogP contribution is 2.16. The number of fused-ring (bicyclic) bond motifs is 1. The number of carbonyl (C=O) groups is 1. The summed E-state index contributed by atoms with van der Waals surface area (Å²) in [5.41, 5.74) is 1.10. The SMILES string of the molecule is O=Cc1ncn2ccnc(Br)c12. The van der Waals surface area contributed by atoms with E-state index < -0.39 is 0 Å². The number of imidazole rings is 1. The molecule has 12 heavy (non-hydrogen) atoms. The highest BCUT2D eigenvalue weighted by atomic mass is 79.9. The minimum atomic E-state index is 0.398. The molecule has 0 fully saturated rings. The largest absolute Gasteiger partial charge is 0.302 e. The summed E-state index contributed by atoms with van der Waals surface area (Å²) in [4.78, 5) is 18.4. The van der Waals surface area contributed by atoms with Gasteiger partial charge >= 0.3 is 0 Å². The number of rotatable bonds is 1. The first-order valence-electron chi connectivity index (χ1n) is 3.25. The molecule has 0 spiro atoms. The van der Waals surface area contributed by atoms with E-state index in [0.29, 0.717) is 22.1 Å². The minimum Gasteiger partial charge on any atom is -0.302 e. The van der Waals surface area contributed by atoms with E-state index in [1.807, 2.05) is 0 Å².